The molecule has 0 fully saturated rings. The van der Waals surface area contributed by atoms with Crippen LogP contribution in [0.15, 0.2) is 67.0 Å². The maximum absolute atomic E-state index is 12.6. The van der Waals surface area contributed by atoms with E-state index in [9.17, 15) is 9.59 Å². The van der Waals surface area contributed by atoms with Gasteiger partial charge in [-0.3, -0.25) is 19.0 Å². The fourth-order valence-corrected chi connectivity index (χ4v) is 3.43. The van der Waals surface area contributed by atoms with Gasteiger partial charge in [-0.15, -0.1) is 0 Å². The Labute approximate surface area is 190 Å². The van der Waals surface area contributed by atoms with Crippen molar-refractivity contribution < 1.29 is 19.4 Å². The molecule has 0 aliphatic carbocycles. The number of hydrogen-bond acceptors (Lipinski definition) is 5. The van der Waals surface area contributed by atoms with Gasteiger partial charge >= 0.3 is 5.97 Å². The SMILES string of the molecule is Cc1nn(Cc2cccc(Oc3ccccc3)c2)c(C)c1NC(=O)c1cnn(CC(=O)O)c1. The van der Waals surface area contributed by atoms with Crippen molar-refractivity contribution in [2.24, 2.45) is 0 Å². The number of amides is 1. The number of carbonyl (C=O) groups is 2. The van der Waals surface area contributed by atoms with Gasteiger partial charge in [-0.1, -0.05) is 30.3 Å². The molecule has 33 heavy (non-hydrogen) atoms. The number of para-hydroxylation sites is 1. The van der Waals surface area contributed by atoms with E-state index in [1.165, 1.54) is 17.1 Å². The van der Waals surface area contributed by atoms with Crippen LogP contribution >= 0.6 is 0 Å². The van der Waals surface area contributed by atoms with E-state index in [0.717, 1.165) is 22.8 Å². The van der Waals surface area contributed by atoms with E-state index in [-0.39, 0.29) is 18.0 Å². The van der Waals surface area contributed by atoms with Crippen molar-refractivity contribution in [3.8, 4) is 11.5 Å². The molecule has 0 radical (unpaired) electrons. The first-order valence-corrected chi connectivity index (χ1v) is 10.3. The van der Waals surface area contributed by atoms with Gasteiger partial charge in [0.15, 0.2) is 0 Å². The number of carboxylic acids is 1. The summed E-state index contributed by atoms with van der Waals surface area (Å²) < 4.78 is 8.93. The number of aliphatic carboxylic acids is 1. The summed E-state index contributed by atoms with van der Waals surface area (Å²) in [6.07, 6.45) is 2.74. The summed E-state index contributed by atoms with van der Waals surface area (Å²) in [5.41, 5.74) is 3.36. The maximum atomic E-state index is 12.6. The molecule has 0 saturated heterocycles. The summed E-state index contributed by atoms with van der Waals surface area (Å²) in [7, 11) is 0. The zero-order chi connectivity index (χ0) is 23.4. The van der Waals surface area contributed by atoms with Gasteiger partial charge in [0.05, 0.1) is 35.4 Å². The molecule has 168 valence electrons. The minimum atomic E-state index is -1.03. The number of carboxylic acid groups (broad SMARTS) is 1. The van der Waals surface area contributed by atoms with Crippen LogP contribution in [0.25, 0.3) is 0 Å². The topological polar surface area (TPSA) is 111 Å². The Kier molecular flexibility index (Phi) is 6.21. The monoisotopic (exact) mass is 445 g/mol. The molecule has 4 rings (SSSR count). The lowest BCUT2D eigenvalue weighted by atomic mass is 10.2. The number of aromatic nitrogens is 4. The number of ether oxygens (including phenoxy) is 1. The molecule has 4 aromatic rings. The van der Waals surface area contributed by atoms with Gasteiger partial charge in [0, 0.05) is 6.20 Å². The third kappa shape index (κ3) is 5.27. The van der Waals surface area contributed by atoms with E-state index in [1.54, 1.807) is 0 Å². The highest BCUT2D eigenvalue weighted by atomic mass is 16.5. The first-order chi connectivity index (χ1) is 15.9. The predicted octanol–water partition coefficient (Wildman–Crippen LogP) is 3.87. The summed E-state index contributed by atoms with van der Waals surface area (Å²) in [6.45, 7) is 3.90. The summed E-state index contributed by atoms with van der Waals surface area (Å²) in [5, 5.41) is 20.2. The molecule has 0 unspecified atom stereocenters. The minimum absolute atomic E-state index is 0.272. The second-order valence-electron chi connectivity index (χ2n) is 7.54. The van der Waals surface area contributed by atoms with Crippen LogP contribution in [0.5, 0.6) is 11.5 Å². The Bertz CT molecular complexity index is 1290. The molecule has 0 aliphatic heterocycles. The second-order valence-corrected chi connectivity index (χ2v) is 7.54. The van der Waals surface area contributed by atoms with Crippen LogP contribution in [-0.4, -0.2) is 36.5 Å². The summed E-state index contributed by atoms with van der Waals surface area (Å²) >= 11 is 0. The number of benzene rings is 2. The van der Waals surface area contributed by atoms with E-state index >= 15 is 0 Å². The molecule has 0 saturated carbocycles. The highest BCUT2D eigenvalue weighted by Gasteiger charge is 2.17. The van der Waals surface area contributed by atoms with Crippen LogP contribution in [-0.2, 0) is 17.9 Å². The maximum Gasteiger partial charge on any atom is 0.325 e. The number of aryl methyl sites for hydroxylation is 1. The molecule has 0 atom stereocenters. The Morgan fingerprint density at radius 1 is 1.06 bits per heavy atom. The number of nitrogens with one attached hydrogen (secondary N) is 1. The lowest BCUT2D eigenvalue weighted by Crippen LogP contribution is -2.13. The minimum Gasteiger partial charge on any atom is -0.480 e. The molecule has 2 heterocycles. The smallest absolute Gasteiger partial charge is 0.325 e. The number of hydrogen-bond donors (Lipinski definition) is 2. The van der Waals surface area contributed by atoms with E-state index < -0.39 is 5.97 Å². The fourth-order valence-electron chi connectivity index (χ4n) is 3.43. The summed E-state index contributed by atoms with van der Waals surface area (Å²) in [6, 6.07) is 17.3. The number of rotatable bonds is 8. The first kappa shape index (κ1) is 21.8. The Morgan fingerprint density at radius 3 is 2.58 bits per heavy atom. The molecular weight excluding hydrogens is 422 g/mol. The number of carbonyl (C=O) groups excluding carboxylic acids is 1. The number of anilines is 1. The van der Waals surface area contributed by atoms with Gasteiger partial charge in [0.1, 0.15) is 18.0 Å². The molecule has 2 aromatic heterocycles. The molecule has 0 spiro atoms. The van der Waals surface area contributed by atoms with Gasteiger partial charge in [0.2, 0.25) is 0 Å². The van der Waals surface area contributed by atoms with Crippen molar-refractivity contribution in [3.63, 3.8) is 0 Å². The number of nitrogens with zero attached hydrogens (tertiary/aromatic N) is 4. The second kappa shape index (κ2) is 9.39. The highest BCUT2D eigenvalue weighted by Crippen LogP contribution is 2.24. The van der Waals surface area contributed by atoms with Crippen molar-refractivity contribution >= 4 is 17.6 Å². The average Bonchev–Trinajstić information content (AvgIpc) is 3.34. The largest absolute Gasteiger partial charge is 0.480 e. The van der Waals surface area contributed by atoms with Crippen molar-refractivity contribution in [2.45, 2.75) is 26.9 Å². The van der Waals surface area contributed by atoms with E-state index in [0.29, 0.717) is 17.9 Å². The summed E-state index contributed by atoms with van der Waals surface area (Å²) in [4.78, 5) is 23.5. The van der Waals surface area contributed by atoms with E-state index in [2.05, 4.69) is 15.5 Å². The molecule has 9 heteroatoms. The quantitative estimate of drug-likeness (QED) is 0.426. The summed E-state index contributed by atoms with van der Waals surface area (Å²) in [5.74, 6) is 0.0801. The zero-order valence-corrected chi connectivity index (χ0v) is 18.2. The van der Waals surface area contributed by atoms with Crippen LogP contribution in [0.2, 0.25) is 0 Å². The third-order valence-electron chi connectivity index (χ3n) is 5.02. The van der Waals surface area contributed by atoms with Gasteiger partial charge < -0.3 is 15.2 Å². The van der Waals surface area contributed by atoms with E-state index in [4.69, 9.17) is 9.84 Å². The van der Waals surface area contributed by atoms with Gasteiger partial charge in [0.25, 0.3) is 5.91 Å². The lowest BCUT2D eigenvalue weighted by Gasteiger charge is -2.09. The van der Waals surface area contributed by atoms with Gasteiger partial charge in [-0.05, 0) is 43.7 Å². The van der Waals surface area contributed by atoms with Crippen LogP contribution in [0.1, 0.15) is 27.3 Å². The first-order valence-electron chi connectivity index (χ1n) is 10.3. The standard InChI is InChI=1S/C24H23N5O4/c1-16-23(26-24(32)19-12-25-28(14-19)15-22(30)31)17(2)29(27-16)13-18-7-6-10-21(11-18)33-20-8-4-3-5-9-20/h3-12,14H,13,15H2,1-2H3,(H,26,32)(H,30,31). The Balaban J connectivity index is 1.47. The fraction of sp³-hybridized carbons (Fsp3) is 0.167. The lowest BCUT2D eigenvalue weighted by molar-refractivity contribution is -0.137. The molecule has 2 aromatic carbocycles. The average molecular weight is 445 g/mol. The Morgan fingerprint density at radius 2 is 1.82 bits per heavy atom. The zero-order valence-electron chi connectivity index (χ0n) is 18.2. The molecular formula is C24H23N5O4. The van der Waals surface area contributed by atoms with Gasteiger partial charge in [-0.2, -0.15) is 10.2 Å². The van der Waals surface area contributed by atoms with Crippen LogP contribution in [0.3, 0.4) is 0 Å². The van der Waals surface area contributed by atoms with Crippen molar-refractivity contribution in [2.75, 3.05) is 5.32 Å². The predicted molar refractivity (Wildman–Crippen MR) is 122 cm³/mol. The van der Waals surface area contributed by atoms with E-state index in [1.807, 2.05) is 73.1 Å². The van der Waals surface area contributed by atoms with Crippen LogP contribution < -0.4 is 10.1 Å². The highest BCUT2D eigenvalue weighted by molar-refractivity contribution is 6.04. The Hall–Kier alpha value is -4.40. The molecule has 0 aliphatic rings. The van der Waals surface area contributed by atoms with Gasteiger partial charge in [-0.25, -0.2) is 0 Å². The van der Waals surface area contributed by atoms with Crippen LogP contribution in [0.4, 0.5) is 5.69 Å². The van der Waals surface area contributed by atoms with Crippen LogP contribution in [0, 0.1) is 13.8 Å². The van der Waals surface area contributed by atoms with Crippen molar-refractivity contribution in [1.82, 2.24) is 19.6 Å². The van der Waals surface area contributed by atoms with Crippen molar-refractivity contribution in [3.05, 3.63) is 89.5 Å². The molecule has 2 N–H and O–H groups in total. The van der Waals surface area contributed by atoms with Crippen molar-refractivity contribution in [1.29, 1.82) is 0 Å². The normalized spacial score (nSPS) is 10.7. The molecule has 1 amide bonds. The molecule has 9 nitrogen and oxygen atoms in total. The third-order valence-corrected chi connectivity index (χ3v) is 5.02. The molecule has 0 bridgehead atoms.